The highest BCUT2D eigenvalue weighted by molar-refractivity contribution is 5.99. The quantitative estimate of drug-likeness (QED) is 0.713. The van der Waals surface area contributed by atoms with Crippen LogP contribution in [0.4, 0.5) is 0 Å². The highest BCUT2D eigenvalue weighted by atomic mass is 16.1. The maximum atomic E-state index is 10.9. The monoisotopic (exact) mass is 248 g/mol. The third-order valence-electron chi connectivity index (χ3n) is 3.30. The number of aryl methyl sites for hydroxylation is 3. The Morgan fingerprint density at radius 1 is 0.944 bits per heavy atom. The first kappa shape index (κ1) is 12.5. The lowest BCUT2D eigenvalue weighted by molar-refractivity contribution is 0.0994. The van der Waals surface area contributed by atoms with Gasteiger partial charge >= 0.3 is 0 Å². The number of aromatic amines is 2. The molecule has 0 spiro atoms. The number of carbonyl (C=O) groups is 1. The fraction of sp³-hybridized carbons (Fsp3) is 0.417. The van der Waals surface area contributed by atoms with Crippen molar-refractivity contribution in [1.82, 2.24) is 20.4 Å². The Balaban J connectivity index is 0.000000127. The first-order valence-corrected chi connectivity index (χ1v) is 5.91. The van der Waals surface area contributed by atoms with E-state index in [0.717, 1.165) is 17.7 Å². The summed E-state index contributed by atoms with van der Waals surface area (Å²) in [6.07, 6.45) is 8.77. The molecule has 4 N–H and O–H groups in total. The zero-order valence-corrected chi connectivity index (χ0v) is 9.99. The molecule has 2 aliphatic carbocycles. The second-order valence-electron chi connectivity index (χ2n) is 4.41. The van der Waals surface area contributed by atoms with Crippen LogP contribution in [0.1, 0.15) is 40.2 Å². The molecular formula is C12H16N4O2. The van der Waals surface area contributed by atoms with Crippen LogP contribution in [-0.2, 0) is 19.3 Å². The molecule has 2 heterocycles. The number of nitrogens with zero attached hydrogens (tertiary/aromatic N) is 2. The van der Waals surface area contributed by atoms with E-state index in [0.29, 0.717) is 6.42 Å². The molecule has 2 aliphatic rings. The van der Waals surface area contributed by atoms with Gasteiger partial charge in [-0.1, -0.05) is 0 Å². The molecule has 2 aromatic rings. The predicted octanol–water partition coefficient (Wildman–Crippen LogP) is 0.612. The standard InChI is InChI=1S/C6H6N2O.C6H8N2.H2O/c9-6-2-1-5-4(6)3-7-8-5;1-2-5-4-7-8-6(5)3-1;/h3H,1-2H2,(H,7,8);4H,1-3H2,(H,7,8);1H2. The summed E-state index contributed by atoms with van der Waals surface area (Å²) in [5, 5.41) is 13.4. The molecule has 0 fully saturated rings. The van der Waals surface area contributed by atoms with Crippen LogP contribution in [0.3, 0.4) is 0 Å². The zero-order chi connectivity index (χ0) is 11.7. The molecule has 4 rings (SSSR count). The maximum Gasteiger partial charge on any atom is 0.166 e. The molecule has 0 radical (unpaired) electrons. The second-order valence-corrected chi connectivity index (χ2v) is 4.41. The Bertz CT molecular complexity index is 525. The summed E-state index contributed by atoms with van der Waals surface area (Å²) in [4.78, 5) is 10.9. The number of rotatable bonds is 0. The summed E-state index contributed by atoms with van der Waals surface area (Å²) in [6, 6.07) is 0. The molecule has 0 aliphatic heterocycles. The van der Waals surface area contributed by atoms with Crippen molar-refractivity contribution in [3.8, 4) is 0 Å². The van der Waals surface area contributed by atoms with Crippen LogP contribution >= 0.6 is 0 Å². The molecule has 0 atom stereocenters. The summed E-state index contributed by atoms with van der Waals surface area (Å²) in [5.74, 6) is 0.221. The lowest BCUT2D eigenvalue weighted by Crippen LogP contribution is -1.87. The Kier molecular flexibility index (Phi) is 3.57. The number of nitrogens with one attached hydrogen (secondary N) is 2. The van der Waals surface area contributed by atoms with Gasteiger partial charge in [0.1, 0.15) is 0 Å². The first-order valence-electron chi connectivity index (χ1n) is 5.91. The SMILES string of the molecule is O.O=C1CCc2[nH]ncc21.c1n[nH]c2c1CCC2. The van der Waals surface area contributed by atoms with E-state index in [-0.39, 0.29) is 11.3 Å². The van der Waals surface area contributed by atoms with E-state index in [4.69, 9.17) is 0 Å². The van der Waals surface area contributed by atoms with Crippen molar-refractivity contribution in [2.24, 2.45) is 0 Å². The summed E-state index contributed by atoms with van der Waals surface area (Å²) in [7, 11) is 0. The molecule has 96 valence electrons. The minimum absolute atomic E-state index is 0. The van der Waals surface area contributed by atoms with Crippen molar-refractivity contribution in [3.63, 3.8) is 0 Å². The van der Waals surface area contributed by atoms with Crippen LogP contribution in [-0.4, -0.2) is 31.7 Å². The van der Waals surface area contributed by atoms with Gasteiger partial charge in [-0.3, -0.25) is 15.0 Å². The number of carbonyl (C=O) groups excluding carboxylic acids is 1. The third kappa shape index (κ3) is 2.19. The Hall–Kier alpha value is -1.95. The highest BCUT2D eigenvalue weighted by Crippen LogP contribution is 2.18. The van der Waals surface area contributed by atoms with Gasteiger partial charge in [-0.05, 0) is 31.2 Å². The van der Waals surface area contributed by atoms with E-state index < -0.39 is 0 Å². The number of H-pyrrole nitrogens is 2. The molecule has 6 nitrogen and oxygen atoms in total. The van der Waals surface area contributed by atoms with Crippen molar-refractivity contribution in [2.45, 2.75) is 32.1 Å². The van der Waals surface area contributed by atoms with Gasteiger partial charge in [0.25, 0.3) is 0 Å². The van der Waals surface area contributed by atoms with Gasteiger partial charge in [0.2, 0.25) is 0 Å². The van der Waals surface area contributed by atoms with Crippen LogP contribution in [0.25, 0.3) is 0 Å². The maximum absolute atomic E-state index is 10.9. The number of aromatic nitrogens is 4. The molecule has 18 heavy (non-hydrogen) atoms. The van der Waals surface area contributed by atoms with Crippen LogP contribution in [0.2, 0.25) is 0 Å². The molecular weight excluding hydrogens is 232 g/mol. The molecule has 6 heteroatoms. The Morgan fingerprint density at radius 3 is 2.50 bits per heavy atom. The highest BCUT2D eigenvalue weighted by Gasteiger charge is 2.20. The van der Waals surface area contributed by atoms with E-state index in [1.807, 2.05) is 6.20 Å². The number of Topliss-reactive ketones (excluding diaryl/α,β-unsaturated/α-hetero) is 1. The molecule has 0 saturated heterocycles. The summed E-state index contributed by atoms with van der Waals surface area (Å²) in [6.45, 7) is 0. The Labute approximate surface area is 104 Å². The molecule has 0 unspecified atom stereocenters. The van der Waals surface area contributed by atoms with Crippen molar-refractivity contribution in [1.29, 1.82) is 0 Å². The summed E-state index contributed by atoms with van der Waals surface area (Å²) < 4.78 is 0. The van der Waals surface area contributed by atoms with E-state index >= 15 is 0 Å². The lowest BCUT2D eigenvalue weighted by Gasteiger charge is -1.79. The van der Waals surface area contributed by atoms with E-state index in [1.165, 1.54) is 30.5 Å². The molecule has 0 saturated carbocycles. The number of hydrogen-bond donors (Lipinski definition) is 2. The van der Waals surface area contributed by atoms with Gasteiger partial charge in [0.05, 0.1) is 18.0 Å². The first-order chi connectivity index (χ1) is 8.34. The molecule has 0 aromatic carbocycles. The van der Waals surface area contributed by atoms with E-state index in [1.54, 1.807) is 6.20 Å². The summed E-state index contributed by atoms with van der Waals surface area (Å²) >= 11 is 0. The fourth-order valence-corrected chi connectivity index (χ4v) is 2.34. The van der Waals surface area contributed by atoms with E-state index in [9.17, 15) is 4.79 Å². The van der Waals surface area contributed by atoms with Gasteiger partial charge in [0, 0.05) is 17.8 Å². The average molecular weight is 248 g/mol. The molecule has 0 bridgehead atoms. The van der Waals surface area contributed by atoms with Crippen LogP contribution in [0.5, 0.6) is 0 Å². The fourth-order valence-electron chi connectivity index (χ4n) is 2.34. The molecule has 2 aromatic heterocycles. The lowest BCUT2D eigenvalue weighted by atomic mass is 10.3. The van der Waals surface area contributed by atoms with Gasteiger partial charge in [-0.25, -0.2) is 0 Å². The van der Waals surface area contributed by atoms with Crippen LogP contribution < -0.4 is 0 Å². The minimum atomic E-state index is 0. The number of fused-ring (bicyclic) bond motifs is 2. The predicted molar refractivity (Wildman–Crippen MR) is 65.5 cm³/mol. The Morgan fingerprint density at radius 2 is 1.72 bits per heavy atom. The van der Waals surface area contributed by atoms with Gasteiger partial charge in [-0.15, -0.1) is 0 Å². The zero-order valence-electron chi connectivity index (χ0n) is 9.99. The smallest absolute Gasteiger partial charge is 0.166 e. The molecule has 0 amide bonds. The number of ketones is 1. The third-order valence-corrected chi connectivity index (χ3v) is 3.30. The van der Waals surface area contributed by atoms with Crippen molar-refractivity contribution in [2.75, 3.05) is 0 Å². The minimum Gasteiger partial charge on any atom is -0.412 e. The summed E-state index contributed by atoms with van der Waals surface area (Å²) in [5.41, 5.74) is 4.56. The van der Waals surface area contributed by atoms with Gasteiger partial charge in [0.15, 0.2) is 5.78 Å². The van der Waals surface area contributed by atoms with Crippen molar-refractivity contribution < 1.29 is 10.3 Å². The number of hydrogen-bond acceptors (Lipinski definition) is 3. The van der Waals surface area contributed by atoms with E-state index in [2.05, 4.69) is 20.4 Å². The van der Waals surface area contributed by atoms with Crippen LogP contribution in [0.15, 0.2) is 12.4 Å². The largest absolute Gasteiger partial charge is 0.412 e. The van der Waals surface area contributed by atoms with Gasteiger partial charge in [-0.2, -0.15) is 10.2 Å². The van der Waals surface area contributed by atoms with Crippen LogP contribution in [0, 0.1) is 0 Å². The topological polar surface area (TPSA) is 106 Å². The van der Waals surface area contributed by atoms with Crippen molar-refractivity contribution >= 4 is 5.78 Å². The normalized spacial score (nSPS) is 15.4. The van der Waals surface area contributed by atoms with Crippen molar-refractivity contribution in [3.05, 3.63) is 34.9 Å². The average Bonchev–Trinajstić information content (AvgIpc) is 3.00. The second kappa shape index (κ2) is 5.14. The van der Waals surface area contributed by atoms with Gasteiger partial charge < -0.3 is 5.48 Å².